The molecule has 1 rings (SSSR count). The van der Waals surface area contributed by atoms with E-state index in [2.05, 4.69) is 15.6 Å². The average molecular weight is 226 g/mol. The average Bonchev–Trinajstić information content (AvgIpc) is 2.70. The molecule has 0 saturated carbocycles. The van der Waals surface area contributed by atoms with Crippen LogP contribution in [-0.4, -0.2) is 39.2 Å². The van der Waals surface area contributed by atoms with Gasteiger partial charge in [-0.15, -0.1) is 0 Å². The number of carboxylic acids is 1. The minimum atomic E-state index is -1.07. The van der Waals surface area contributed by atoms with Crippen molar-refractivity contribution in [2.45, 2.75) is 19.5 Å². The zero-order valence-electron chi connectivity index (χ0n) is 8.88. The van der Waals surface area contributed by atoms with E-state index in [1.807, 2.05) is 0 Å². The molecule has 0 radical (unpaired) electrons. The van der Waals surface area contributed by atoms with Crippen LogP contribution >= 0.6 is 0 Å². The highest BCUT2D eigenvalue weighted by Crippen LogP contribution is 1.84. The van der Waals surface area contributed by atoms with Crippen LogP contribution in [0.3, 0.4) is 0 Å². The van der Waals surface area contributed by atoms with Crippen LogP contribution in [0.5, 0.6) is 0 Å². The van der Waals surface area contributed by atoms with Crippen LogP contribution in [0.1, 0.15) is 6.92 Å². The van der Waals surface area contributed by atoms with Gasteiger partial charge in [0.1, 0.15) is 6.04 Å². The van der Waals surface area contributed by atoms with Crippen molar-refractivity contribution in [2.24, 2.45) is 0 Å². The number of nitrogens with one attached hydrogen (secondary N) is 2. The van der Waals surface area contributed by atoms with E-state index in [0.29, 0.717) is 13.1 Å². The van der Waals surface area contributed by atoms with Crippen molar-refractivity contribution in [1.82, 2.24) is 20.2 Å². The SMILES string of the molecule is C[C@H](NC(=O)NCCn1ccnc1)C(=O)O. The number of hydrogen-bond donors (Lipinski definition) is 3. The van der Waals surface area contributed by atoms with Gasteiger partial charge >= 0.3 is 12.0 Å². The van der Waals surface area contributed by atoms with Crippen LogP contribution in [0.15, 0.2) is 18.7 Å². The molecular weight excluding hydrogens is 212 g/mol. The molecule has 16 heavy (non-hydrogen) atoms. The fraction of sp³-hybridized carbons (Fsp3) is 0.444. The number of carboxylic acid groups (broad SMARTS) is 1. The Bertz CT molecular complexity index is 350. The van der Waals surface area contributed by atoms with Gasteiger partial charge in [-0.25, -0.2) is 9.78 Å². The summed E-state index contributed by atoms with van der Waals surface area (Å²) in [4.78, 5) is 25.5. The third-order valence-corrected chi connectivity index (χ3v) is 1.93. The van der Waals surface area contributed by atoms with Gasteiger partial charge in [-0.05, 0) is 6.92 Å². The Morgan fingerprint density at radius 1 is 1.56 bits per heavy atom. The topological polar surface area (TPSA) is 96.3 Å². The third kappa shape index (κ3) is 3.99. The van der Waals surface area contributed by atoms with Crippen LogP contribution in [-0.2, 0) is 11.3 Å². The molecule has 3 N–H and O–H groups in total. The summed E-state index contributed by atoms with van der Waals surface area (Å²) in [6.45, 7) is 2.40. The maximum atomic E-state index is 11.2. The zero-order chi connectivity index (χ0) is 12.0. The van der Waals surface area contributed by atoms with Gasteiger partial charge in [-0.3, -0.25) is 4.79 Å². The number of carbonyl (C=O) groups is 2. The van der Waals surface area contributed by atoms with E-state index in [0.717, 1.165) is 0 Å². The van der Waals surface area contributed by atoms with E-state index < -0.39 is 18.0 Å². The molecule has 0 unspecified atom stereocenters. The quantitative estimate of drug-likeness (QED) is 0.639. The molecule has 7 nitrogen and oxygen atoms in total. The Hall–Kier alpha value is -2.05. The second-order valence-electron chi connectivity index (χ2n) is 3.26. The summed E-state index contributed by atoms with van der Waals surface area (Å²) in [5.74, 6) is -1.07. The van der Waals surface area contributed by atoms with Crippen LogP contribution in [0.25, 0.3) is 0 Å². The van der Waals surface area contributed by atoms with E-state index in [4.69, 9.17) is 5.11 Å². The van der Waals surface area contributed by atoms with Gasteiger partial charge in [0.15, 0.2) is 0 Å². The minimum Gasteiger partial charge on any atom is -0.480 e. The van der Waals surface area contributed by atoms with Gasteiger partial charge in [-0.1, -0.05) is 0 Å². The van der Waals surface area contributed by atoms with Crippen LogP contribution < -0.4 is 10.6 Å². The summed E-state index contributed by atoms with van der Waals surface area (Å²) in [5, 5.41) is 13.4. The predicted octanol–water partition coefficient (Wildman–Crippen LogP) is -0.345. The number of urea groups is 1. The number of aliphatic carboxylic acids is 1. The van der Waals surface area contributed by atoms with Crippen molar-refractivity contribution >= 4 is 12.0 Å². The van der Waals surface area contributed by atoms with Gasteiger partial charge < -0.3 is 20.3 Å². The first-order chi connectivity index (χ1) is 7.59. The molecule has 1 aromatic heterocycles. The predicted molar refractivity (Wildman–Crippen MR) is 55.9 cm³/mol. The number of nitrogens with zero attached hydrogens (tertiary/aromatic N) is 2. The van der Waals surface area contributed by atoms with E-state index in [1.54, 1.807) is 23.3 Å². The standard InChI is InChI=1S/C9H14N4O3/c1-7(8(14)15)12-9(16)11-3-5-13-4-2-10-6-13/h2,4,6-7H,3,5H2,1H3,(H,14,15)(H2,11,12,16)/t7-/m0/s1. The molecule has 0 spiro atoms. The van der Waals surface area contributed by atoms with Crippen molar-refractivity contribution < 1.29 is 14.7 Å². The Kier molecular flexibility index (Phi) is 4.31. The molecular formula is C9H14N4O3. The molecule has 0 saturated heterocycles. The number of amides is 2. The normalized spacial score (nSPS) is 11.8. The summed E-state index contributed by atoms with van der Waals surface area (Å²) < 4.78 is 1.81. The van der Waals surface area contributed by atoms with Gasteiger partial charge in [0, 0.05) is 25.5 Å². The second kappa shape index (κ2) is 5.74. The van der Waals surface area contributed by atoms with Crippen LogP contribution in [0, 0.1) is 0 Å². The molecule has 0 fully saturated rings. The molecule has 2 amide bonds. The molecule has 1 heterocycles. The lowest BCUT2D eigenvalue weighted by Gasteiger charge is -2.10. The lowest BCUT2D eigenvalue weighted by molar-refractivity contribution is -0.138. The number of aromatic nitrogens is 2. The molecule has 7 heteroatoms. The zero-order valence-corrected chi connectivity index (χ0v) is 8.88. The summed E-state index contributed by atoms with van der Waals surface area (Å²) in [6, 6.07) is -1.39. The molecule has 0 aliphatic heterocycles. The van der Waals surface area contributed by atoms with E-state index in [1.165, 1.54) is 6.92 Å². The van der Waals surface area contributed by atoms with Crippen molar-refractivity contribution in [3.05, 3.63) is 18.7 Å². The molecule has 0 aromatic carbocycles. The molecule has 1 atom stereocenters. The highest BCUT2D eigenvalue weighted by molar-refractivity contribution is 5.82. The third-order valence-electron chi connectivity index (χ3n) is 1.93. The molecule has 0 bridgehead atoms. The molecule has 0 aliphatic carbocycles. The number of rotatable bonds is 5. The fourth-order valence-corrected chi connectivity index (χ4v) is 1.03. The Balaban J connectivity index is 2.18. The largest absolute Gasteiger partial charge is 0.480 e. The Morgan fingerprint density at radius 3 is 2.88 bits per heavy atom. The molecule has 1 aromatic rings. The van der Waals surface area contributed by atoms with Crippen LogP contribution in [0.2, 0.25) is 0 Å². The highest BCUT2D eigenvalue weighted by Gasteiger charge is 2.12. The Morgan fingerprint density at radius 2 is 2.31 bits per heavy atom. The highest BCUT2D eigenvalue weighted by atomic mass is 16.4. The monoisotopic (exact) mass is 226 g/mol. The van der Waals surface area contributed by atoms with Crippen molar-refractivity contribution in [3.8, 4) is 0 Å². The summed E-state index contributed by atoms with van der Waals surface area (Å²) >= 11 is 0. The lowest BCUT2D eigenvalue weighted by atomic mass is 10.3. The summed E-state index contributed by atoms with van der Waals surface area (Å²) in [7, 11) is 0. The van der Waals surface area contributed by atoms with Crippen molar-refractivity contribution in [2.75, 3.05) is 6.54 Å². The van der Waals surface area contributed by atoms with Gasteiger partial charge in [0.05, 0.1) is 6.33 Å². The van der Waals surface area contributed by atoms with Gasteiger partial charge in [0.2, 0.25) is 0 Å². The maximum Gasteiger partial charge on any atom is 0.325 e. The number of carbonyl (C=O) groups excluding carboxylic acids is 1. The lowest BCUT2D eigenvalue weighted by Crippen LogP contribution is -2.45. The van der Waals surface area contributed by atoms with Crippen molar-refractivity contribution in [1.29, 1.82) is 0 Å². The summed E-state index contributed by atoms with van der Waals surface area (Å²) in [5.41, 5.74) is 0. The molecule has 88 valence electrons. The van der Waals surface area contributed by atoms with Gasteiger partial charge in [-0.2, -0.15) is 0 Å². The number of hydrogen-bond acceptors (Lipinski definition) is 3. The minimum absolute atomic E-state index is 0.411. The molecule has 0 aliphatic rings. The second-order valence-corrected chi connectivity index (χ2v) is 3.26. The van der Waals surface area contributed by atoms with E-state index >= 15 is 0 Å². The summed E-state index contributed by atoms with van der Waals surface area (Å²) in [6.07, 6.45) is 5.06. The smallest absolute Gasteiger partial charge is 0.325 e. The van der Waals surface area contributed by atoms with Gasteiger partial charge in [0.25, 0.3) is 0 Å². The first kappa shape index (κ1) is 12.0. The van der Waals surface area contributed by atoms with E-state index in [-0.39, 0.29) is 0 Å². The van der Waals surface area contributed by atoms with Crippen molar-refractivity contribution in [3.63, 3.8) is 0 Å². The van der Waals surface area contributed by atoms with Crippen LogP contribution in [0.4, 0.5) is 4.79 Å². The first-order valence-electron chi connectivity index (χ1n) is 4.82. The first-order valence-corrected chi connectivity index (χ1v) is 4.82. The van der Waals surface area contributed by atoms with E-state index in [9.17, 15) is 9.59 Å². The maximum absolute atomic E-state index is 11.2. The Labute approximate surface area is 92.5 Å². The number of imidazole rings is 1. The fourth-order valence-electron chi connectivity index (χ4n) is 1.03.